The third-order valence-electron chi connectivity index (χ3n) is 3.56. The summed E-state index contributed by atoms with van der Waals surface area (Å²) in [6.45, 7) is 4.32. The molecule has 1 heteroatoms. The molecule has 2 unspecified atom stereocenters. The van der Waals surface area contributed by atoms with Crippen LogP contribution in [0.25, 0.3) is 0 Å². The van der Waals surface area contributed by atoms with Crippen molar-refractivity contribution in [1.29, 1.82) is 0 Å². The lowest BCUT2D eigenvalue weighted by atomic mass is 9.92. The first-order chi connectivity index (χ1) is 7.22. The van der Waals surface area contributed by atoms with E-state index in [0.29, 0.717) is 5.92 Å². The lowest BCUT2D eigenvalue weighted by molar-refractivity contribution is 0.106. The highest BCUT2D eigenvalue weighted by molar-refractivity contribution is 5.25. The molecule has 1 aromatic rings. The average Bonchev–Trinajstić information content (AvgIpc) is 3.11. The van der Waals surface area contributed by atoms with Gasteiger partial charge in [0.1, 0.15) is 0 Å². The highest BCUT2D eigenvalue weighted by Gasteiger charge is 2.32. The molecule has 2 atom stereocenters. The highest BCUT2D eigenvalue weighted by Crippen LogP contribution is 2.42. The van der Waals surface area contributed by atoms with E-state index in [0.717, 1.165) is 17.9 Å². The number of aliphatic hydroxyl groups excluding tert-OH is 1. The van der Waals surface area contributed by atoms with Crippen molar-refractivity contribution in [3.05, 3.63) is 35.4 Å². The van der Waals surface area contributed by atoms with Crippen LogP contribution >= 0.6 is 0 Å². The number of hydrogen-bond acceptors (Lipinski definition) is 1. The Morgan fingerprint density at radius 1 is 1.40 bits per heavy atom. The molecular formula is C14H20O. The molecule has 0 spiro atoms. The largest absolute Gasteiger partial charge is 0.388 e. The minimum Gasteiger partial charge on any atom is -0.388 e. The van der Waals surface area contributed by atoms with Crippen LogP contribution in [0, 0.1) is 11.8 Å². The van der Waals surface area contributed by atoms with Crippen LogP contribution in [0.4, 0.5) is 0 Å². The Morgan fingerprint density at radius 2 is 2.13 bits per heavy atom. The van der Waals surface area contributed by atoms with Crippen molar-refractivity contribution in [1.82, 2.24) is 0 Å². The number of hydrogen-bond donors (Lipinski definition) is 1. The van der Waals surface area contributed by atoms with E-state index >= 15 is 0 Å². The van der Waals surface area contributed by atoms with Gasteiger partial charge in [0.2, 0.25) is 0 Å². The van der Waals surface area contributed by atoms with Crippen molar-refractivity contribution in [2.24, 2.45) is 11.8 Å². The summed E-state index contributed by atoms with van der Waals surface area (Å²) in [5.41, 5.74) is 2.41. The normalized spacial score (nSPS) is 19.9. The maximum atomic E-state index is 10.2. The van der Waals surface area contributed by atoms with E-state index in [4.69, 9.17) is 0 Å². The van der Waals surface area contributed by atoms with Gasteiger partial charge in [-0.3, -0.25) is 0 Å². The summed E-state index contributed by atoms with van der Waals surface area (Å²) >= 11 is 0. The Labute approximate surface area is 92.1 Å². The third-order valence-corrected chi connectivity index (χ3v) is 3.56. The van der Waals surface area contributed by atoms with Gasteiger partial charge in [-0.05, 0) is 42.2 Å². The van der Waals surface area contributed by atoms with E-state index in [2.05, 4.69) is 32.0 Å². The van der Waals surface area contributed by atoms with Crippen LogP contribution in [-0.2, 0) is 6.42 Å². The summed E-state index contributed by atoms with van der Waals surface area (Å²) < 4.78 is 0. The van der Waals surface area contributed by atoms with Crippen molar-refractivity contribution in [3.63, 3.8) is 0 Å². The Balaban J connectivity index is 2.12. The van der Waals surface area contributed by atoms with Crippen molar-refractivity contribution in [2.45, 2.75) is 39.2 Å². The van der Waals surface area contributed by atoms with Crippen molar-refractivity contribution < 1.29 is 5.11 Å². The number of benzene rings is 1. The standard InChI is InChI=1S/C14H20O/c1-3-11-5-4-6-13(9-11)14(15)10(2)12-7-8-12/h4-6,9-10,12,14-15H,3,7-8H2,1-2H3. The number of aryl methyl sites for hydroxylation is 1. The summed E-state index contributed by atoms with van der Waals surface area (Å²) in [6.07, 6.45) is 3.36. The van der Waals surface area contributed by atoms with Gasteiger partial charge in [0.15, 0.2) is 0 Å². The molecule has 1 N–H and O–H groups in total. The van der Waals surface area contributed by atoms with E-state index < -0.39 is 0 Å². The summed E-state index contributed by atoms with van der Waals surface area (Å²) in [5.74, 6) is 1.17. The van der Waals surface area contributed by atoms with E-state index in [1.54, 1.807) is 0 Å². The SMILES string of the molecule is CCc1cccc(C(O)C(C)C2CC2)c1. The predicted molar refractivity (Wildman–Crippen MR) is 62.7 cm³/mol. The van der Waals surface area contributed by atoms with Gasteiger partial charge < -0.3 is 5.11 Å². The van der Waals surface area contributed by atoms with E-state index in [1.165, 1.54) is 18.4 Å². The van der Waals surface area contributed by atoms with Crippen LogP contribution in [0.15, 0.2) is 24.3 Å². The molecule has 1 aliphatic rings. The molecule has 0 bridgehead atoms. The molecule has 2 rings (SSSR count). The fourth-order valence-electron chi connectivity index (χ4n) is 2.18. The van der Waals surface area contributed by atoms with E-state index in [1.807, 2.05) is 6.07 Å². The first-order valence-electron chi connectivity index (χ1n) is 5.99. The fraction of sp³-hybridized carbons (Fsp3) is 0.571. The first-order valence-corrected chi connectivity index (χ1v) is 5.99. The quantitative estimate of drug-likeness (QED) is 0.797. The van der Waals surface area contributed by atoms with Gasteiger partial charge in [-0.25, -0.2) is 0 Å². The van der Waals surface area contributed by atoms with Crippen molar-refractivity contribution >= 4 is 0 Å². The van der Waals surface area contributed by atoms with Gasteiger partial charge in [0, 0.05) is 0 Å². The van der Waals surface area contributed by atoms with Crippen molar-refractivity contribution in [3.8, 4) is 0 Å². The summed E-state index contributed by atoms with van der Waals surface area (Å²) in [4.78, 5) is 0. The molecule has 0 saturated heterocycles. The lowest BCUT2D eigenvalue weighted by Crippen LogP contribution is -2.11. The van der Waals surface area contributed by atoms with E-state index in [-0.39, 0.29) is 6.10 Å². The second-order valence-electron chi connectivity index (χ2n) is 4.74. The highest BCUT2D eigenvalue weighted by atomic mass is 16.3. The number of rotatable bonds is 4. The van der Waals surface area contributed by atoms with Crippen LogP contribution < -0.4 is 0 Å². The molecule has 0 radical (unpaired) electrons. The van der Waals surface area contributed by atoms with Crippen molar-refractivity contribution in [2.75, 3.05) is 0 Å². The molecule has 1 fully saturated rings. The molecule has 82 valence electrons. The van der Waals surface area contributed by atoms with Gasteiger partial charge in [0.25, 0.3) is 0 Å². The minimum absolute atomic E-state index is 0.274. The molecule has 1 nitrogen and oxygen atoms in total. The number of aliphatic hydroxyl groups is 1. The zero-order valence-corrected chi connectivity index (χ0v) is 9.61. The van der Waals surface area contributed by atoms with Gasteiger partial charge in [-0.15, -0.1) is 0 Å². The summed E-state index contributed by atoms with van der Waals surface area (Å²) in [6, 6.07) is 8.36. The molecule has 15 heavy (non-hydrogen) atoms. The maximum absolute atomic E-state index is 10.2. The Hall–Kier alpha value is -0.820. The van der Waals surface area contributed by atoms with E-state index in [9.17, 15) is 5.11 Å². The lowest BCUT2D eigenvalue weighted by Gasteiger charge is -2.19. The van der Waals surface area contributed by atoms with Gasteiger partial charge in [-0.1, -0.05) is 38.1 Å². The van der Waals surface area contributed by atoms with Crippen LogP contribution in [0.1, 0.15) is 43.9 Å². The smallest absolute Gasteiger partial charge is 0.0818 e. The van der Waals surface area contributed by atoms with Crippen LogP contribution in [0.2, 0.25) is 0 Å². The second-order valence-corrected chi connectivity index (χ2v) is 4.74. The summed E-state index contributed by atoms with van der Waals surface area (Å²) in [7, 11) is 0. The molecule has 1 aromatic carbocycles. The maximum Gasteiger partial charge on any atom is 0.0818 e. The fourth-order valence-corrected chi connectivity index (χ4v) is 2.18. The van der Waals surface area contributed by atoms with Crippen LogP contribution in [0.5, 0.6) is 0 Å². The Bertz CT molecular complexity index is 328. The molecule has 1 saturated carbocycles. The van der Waals surface area contributed by atoms with Gasteiger partial charge in [0.05, 0.1) is 6.10 Å². The topological polar surface area (TPSA) is 20.2 Å². The van der Waals surface area contributed by atoms with Crippen LogP contribution in [-0.4, -0.2) is 5.11 Å². The van der Waals surface area contributed by atoms with Gasteiger partial charge in [-0.2, -0.15) is 0 Å². The molecule has 0 amide bonds. The molecule has 0 aliphatic heterocycles. The molecule has 0 heterocycles. The minimum atomic E-state index is -0.274. The molecule has 0 aromatic heterocycles. The Morgan fingerprint density at radius 3 is 2.73 bits per heavy atom. The second kappa shape index (κ2) is 4.36. The predicted octanol–water partition coefficient (Wildman–Crippen LogP) is 3.33. The third kappa shape index (κ3) is 2.40. The summed E-state index contributed by atoms with van der Waals surface area (Å²) in [5, 5.41) is 10.2. The zero-order valence-electron chi connectivity index (χ0n) is 9.61. The first kappa shape index (κ1) is 10.7. The molecule has 1 aliphatic carbocycles. The monoisotopic (exact) mass is 204 g/mol. The Kier molecular flexibility index (Phi) is 3.11. The van der Waals surface area contributed by atoms with Crippen LogP contribution in [0.3, 0.4) is 0 Å². The molecular weight excluding hydrogens is 184 g/mol. The zero-order chi connectivity index (χ0) is 10.8. The average molecular weight is 204 g/mol. The van der Waals surface area contributed by atoms with Gasteiger partial charge >= 0.3 is 0 Å².